The van der Waals surface area contributed by atoms with E-state index in [0.29, 0.717) is 5.92 Å². The van der Waals surface area contributed by atoms with Crippen LogP contribution in [0.5, 0.6) is 5.88 Å². The van der Waals surface area contributed by atoms with Crippen molar-refractivity contribution in [3.05, 3.63) is 12.0 Å². The molecule has 0 bridgehead atoms. The molecule has 1 N–H and O–H groups in total. The van der Waals surface area contributed by atoms with E-state index in [-0.39, 0.29) is 5.88 Å². The summed E-state index contributed by atoms with van der Waals surface area (Å²) in [5.41, 5.74) is 0. The fourth-order valence-corrected chi connectivity index (χ4v) is 2.51. The molecule has 1 fully saturated rings. The van der Waals surface area contributed by atoms with E-state index in [9.17, 15) is 5.11 Å². The van der Waals surface area contributed by atoms with E-state index in [2.05, 4.69) is 11.9 Å². The maximum atomic E-state index is 9.30. The minimum Gasteiger partial charge on any atom is -0.492 e. The average Bonchev–Trinajstić information content (AvgIpc) is 2.45. The number of nitrogens with zero attached hydrogens (tertiary/aromatic N) is 2. The quantitative estimate of drug-likeness (QED) is 0.745. The molecule has 1 aliphatic carbocycles. The van der Waals surface area contributed by atoms with Gasteiger partial charge < -0.3 is 9.67 Å². The molecular formula is C11H18N2O. The Hall–Kier alpha value is -0.990. The van der Waals surface area contributed by atoms with Crippen LogP contribution in [0.25, 0.3) is 0 Å². The lowest BCUT2D eigenvalue weighted by Crippen LogP contribution is -2.15. The van der Waals surface area contributed by atoms with Crippen molar-refractivity contribution < 1.29 is 5.11 Å². The number of aromatic hydroxyl groups is 1. The first-order valence-electron chi connectivity index (χ1n) is 5.39. The van der Waals surface area contributed by atoms with Crippen molar-refractivity contribution in [2.75, 3.05) is 0 Å². The molecule has 0 aromatic carbocycles. The monoisotopic (exact) mass is 194 g/mol. The van der Waals surface area contributed by atoms with E-state index in [1.54, 1.807) is 6.20 Å². The molecule has 0 radical (unpaired) electrons. The lowest BCUT2D eigenvalue weighted by Gasteiger charge is -2.25. The number of aryl methyl sites for hydroxylation is 1. The predicted octanol–water partition coefficient (Wildman–Crippen LogP) is 2.42. The van der Waals surface area contributed by atoms with Gasteiger partial charge in [0.2, 0.25) is 5.88 Å². The molecule has 1 aliphatic rings. The van der Waals surface area contributed by atoms with Gasteiger partial charge in [0.05, 0.1) is 6.20 Å². The third-order valence-electron chi connectivity index (χ3n) is 3.20. The molecule has 2 rings (SSSR count). The van der Waals surface area contributed by atoms with Gasteiger partial charge in [0, 0.05) is 13.0 Å². The molecule has 2 unspecified atom stereocenters. The lowest BCUT2D eigenvalue weighted by atomic mass is 9.82. The van der Waals surface area contributed by atoms with Crippen molar-refractivity contribution in [1.82, 2.24) is 9.55 Å². The number of imidazole rings is 1. The molecule has 14 heavy (non-hydrogen) atoms. The Bertz CT molecular complexity index is 319. The molecule has 3 heteroatoms. The minimum atomic E-state index is 0.153. The minimum absolute atomic E-state index is 0.153. The van der Waals surface area contributed by atoms with Crippen LogP contribution in [-0.4, -0.2) is 14.7 Å². The van der Waals surface area contributed by atoms with E-state index < -0.39 is 0 Å². The summed E-state index contributed by atoms with van der Waals surface area (Å²) in [7, 11) is 1.96. The van der Waals surface area contributed by atoms with E-state index in [0.717, 1.165) is 11.7 Å². The Balaban J connectivity index is 2.17. The highest BCUT2D eigenvalue weighted by molar-refractivity contribution is 5.11. The SMILES string of the molecule is CC1CCCC(c2nc(O)cn2C)C1. The topological polar surface area (TPSA) is 38.1 Å². The Morgan fingerprint density at radius 2 is 2.29 bits per heavy atom. The highest BCUT2D eigenvalue weighted by atomic mass is 16.3. The molecule has 78 valence electrons. The molecule has 3 nitrogen and oxygen atoms in total. The molecule has 0 saturated heterocycles. The van der Waals surface area contributed by atoms with Crippen LogP contribution in [0.1, 0.15) is 44.3 Å². The molecular weight excluding hydrogens is 176 g/mol. The van der Waals surface area contributed by atoms with Gasteiger partial charge in [-0.3, -0.25) is 0 Å². The third-order valence-corrected chi connectivity index (χ3v) is 3.20. The number of aromatic nitrogens is 2. The van der Waals surface area contributed by atoms with Gasteiger partial charge in [0.1, 0.15) is 5.82 Å². The summed E-state index contributed by atoms with van der Waals surface area (Å²) in [6.45, 7) is 2.30. The van der Waals surface area contributed by atoms with Crippen LogP contribution in [0.15, 0.2) is 6.20 Å². The van der Waals surface area contributed by atoms with E-state index in [1.807, 2.05) is 11.6 Å². The zero-order valence-corrected chi connectivity index (χ0v) is 8.90. The van der Waals surface area contributed by atoms with Crippen molar-refractivity contribution in [1.29, 1.82) is 0 Å². The van der Waals surface area contributed by atoms with Gasteiger partial charge in [-0.2, -0.15) is 4.98 Å². The van der Waals surface area contributed by atoms with Crippen LogP contribution in [0.4, 0.5) is 0 Å². The van der Waals surface area contributed by atoms with Crippen molar-refractivity contribution >= 4 is 0 Å². The van der Waals surface area contributed by atoms with Gasteiger partial charge in [-0.15, -0.1) is 0 Å². The van der Waals surface area contributed by atoms with Crippen LogP contribution in [0.2, 0.25) is 0 Å². The molecule has 1 heterocycles. The second kappa shape index (κ2) is 3.64. The maximum absolute atomic E-state index is 9.30. The first-order valence-corrected chi connectivity index (χ1v) is 5.39. The summed E-state index contributed by atoms with van der Waals surface area (Å²) in [6.07, 6.45) is 6.75. The molecule has 0 amide bonds. The Morgan fingerprint density at radius 3 is 2.86 bits per heavy atom. The number of hydrogen-bond donors (Lipinski definition) is 1. The average molecular weight is 194 g/mol. The molecule has 2 atom stereocenters. The Labute approximate surface area is 84.8 Å². The highest BCUT2D eigenvalue weighted by Crippen LogP contribution is 2.35. The Morgan fingerprint density at radius 1 is 1.50 bits per heavy atom. The van der Waals surface area contributed by atoms with Gasteiger partial charge in [0.15, 0.2) is 0 Å². The van der Waals surface area contributed by atoms with Gasteiger partial charge >= 0.3 is 0 Å². The zero-order valence-electron chi connectivity index (χ0n) is 8.90. The van der Waals surface area contributed by atoms with Crippen LogP contribution >= 0.6 is 0 Å². The molecule has 1 aromatic heterocycles. The second-order valence-electron chi connectivity index (χ2n) is 4.54. The fourth-order valence-electron chi connectivity index (χ4n) is 2.51. The smallest absolute Gasteiger partial charge is 0.229 e. The molecule has 1 aromatic rings. The van der Waals surface area contributed by atoms with Gasteiger partial charge in [-0.1, -0.05) is 19.8 Å². The van der Waals surface area contributed by atoms with E-state index in [4.69, 9.17) is 0 Å². The second-order valence-corrected chi connectivity index (χ2v) is 4.54. The van der Waals surface area contributed by atoms with Crippen molar-refractivity contribution in [2.45, 2.75) is 38.5 Å². The fraction of sp³-hybridized carbons (Fsp3) is 0.727. The highest BCUT2D eigenvalue weighted by Gasteiger charge is 2.23. The van der Waals surface area contributed by atoms with Crippen molar-refractivity contribution in [3.8, 4) is 5.88 Å². The van der Waals surface area contributed by atoms with E-state index in [1.165, 1.54) is 25.7 Å². The predicted molar refractivity (Wildman–Crippen MR) is 55.2 cm³/mol. The summed E-state index contributed by atoms with van der Waals surface area (Å²) >= 11 is 0. The first kappa shape index (κ1) is 9.56. The van der Waals surface area contributed by atoms with Crippen LogP contribution < -0.4 is 0 Å². The van der Waals surface area contributed by atoms with Gasteiger partial charge in [-0.05, 0) is 18.8 Å². The summed E-state index contributed by atoms with van der Waals surface area (Å²) in [6, 6.07) is 0. The first-order chi connectivity index (χ1) is 6.66. The summed E-state index contributed by atoms with van der Waals surface area (Å²) < 4.78 is 1.96. The van der Waals surface area contributed by atoms with Crippen molar-refractivity contribution in [2.24, 2.45) is 13.0 Å². The largest absolute Gasteiger partial charge is 0.492 e. The van der Waals surface area contributed by atoms with Crippen molar-refractivity contribution in [3.63, 3.8) is 0 Å². The van der Waals surface area contributed by atoms with Crippen LogP contribution in [-0.2, 0) is 7.05 Å². The van der Waals surface area contributed by atoms with Crippen LogP contribution in [0, 0.1) is 5.92 Å². The molecule has 1 saturated carbocycles. The van der Waals surface area contributed by atoms with Gasteiger partial charge in [-0.25, -0.2) is 0 Å². The van der Waals surface area contributed by atoms with E-state index >= 15 is 0 Å². The summed E-state index contributed by atoms with van der Waals surface area (Å²) in [4.78, 5) is 4.19. The molecule has 0 spiro atoms. The van der Waals surface area contributed by atoms with Crippen LogP contribution in [0.3, 0.4) is 0 Å². The number of hydrogen-bond acceptors (Lipinski definition) is 2. The summed E-state index contributed by atoms with van der Waals surface area (Å²) in [5.74, 6) is 2.55. The Kier molecular flexibility index (Phi) is 2.48. The normalized spacial score (nSPS) is 27.9. The lowest BCUT2D eigenvalue weighted by molar-refractivity contribution is 0.330. The maximum Gasteiger partial charge on any atom is 0.229 e. The zero-order chi connectivity index (χ0) is 10.1. The number of rotatable bonds is 1. The molecule has 0 aliphatic heterocycles. The summed E-state index contributed by atoms with van der Waals surface area (Å²) in [5, 5.41) is 9.30. The third kappa shape index (κ3) is 1.76. The standard InChI is InChI=1S/C11H18N2O/c1-8-4-3-5-9(6-8)11-12-10(14)7-13(11)2/h7-9,14H,3-6H2,1-2H3. The van der Waals surface area contributed by atoms with Gasteiger partial charge in [0.25, 0.3) is 0 Å².